The van der Waals surface area contributed by atoms with E-state index in [4.69, 9.17) is 4.74 Å². The van der Waals surface area contributed by atoms with Crippen molar-refractivity contribution in [1.82, 2.24) is 10.6 Å². The lowest BCUT2D eigenvalue weighted by atomic mass is 10.3. The molecule has 0 unspecified atom stereocenters. The predicted octanol–water partition coefficient (Wildman–Crippen LogP) is 2.99. The molecule has 0 atom stereocenters. The van der Waals surface area contributed by atoms with Gasteiger partial charge in [0.1, 0.15) is 12.4 Å². The van der Waals surface area contributed by atoms with Crippen LogP contribution >= 0.6 is 35.7 Å². The van der Waals surface area contributed by atoms with Gasteiger partial charge in [0.25, 0.3) is 0 Å². The standard InChI is InChI=1S/C15H25N3OS.HI/c1-3-16-15(17-10-7-13-20-2)18-11-12-19-14-8-5-4-6-9-14;/h4-6,8-9H,3,7,10-13H2,1-2H3,(H2,16,17,18);1H. The third kappa shape index (κ3) is 10.7. The van der Waals surface area contributed by atoms with Crippen LogP contribution in [0.25, 0.3) is 0 Å². The average molecular weight is 423 g/mol. The van der Waals surface area contributed by atoms with Gasteiger partial charge in [-0.25, -0.2) is 0 Å². The van der Waals surface area contributed by atoms with Gasteiger partial charge in [-0.3, -0.25) is 4.99 Å². The predicted molar refractivity (Wildman–Crippen MR) is 104 cm³/mol. The molecular formula is C15H26IN3OS. The maximum absolute atomic E-state index is 5.63. The van der Waals surface area contributed by atoms with Crippen molar-refractivity contribution >= 4 is 41.7 Å². The molecule has 0 amide bonds. The molecule has 0 bridgehead atoms. The summed E-state index contributed by atoms with van der Waals surface area (Å²) in [5.74, 6) is 2.92. The number of nitrogens with one attached hydrogen (secondary N) is 2. The number of benzene rings is 1. The third-order valence-electron chi connectivity index (χ3n) is 2.53. The molecule has 0 aromatic heterocycles. The molecule has 1 aromatic rings. The summed E-state index contributed by atoms with van der Waals surface area (Å²) < 4.78 is 5.63. The van der Waals surface area contributed by atoms with Crippen LogP contribution < -0.4 is 15.4 Å². The molecular weight excluding hydrogens is 397 g/mol. The summed E-state index contributed by atoms with van der Waals surface area (Å²) in [5, 5.41) is 6.51. The number of hydrogen-bond acceptors (Lipinski definition) is 3. The van der Waals surface area contributed by atoms with Gasteiger partial charge in [-0.15, -0.1) is 24.0 Å². The van der Waals surface area contributed by atoms with Crippen LogP contribution in [0.2, 0.25) is 0 Å². The lowest BCUT2D eigenvalue weighted by Gasteiger charge is -2.12. The van der Waals surface area contributed by atoms with Gasteiger partial charge >= 0.3 is 0 Å². The van der Waals surface area contributed by atoms with E-state index in [1.54, 1.807) is 0 Å². The third-order valence-corrected chi connectivity index (χ3v) is 3.22. The number of thioether (sulfide) groups is 1. The normalized spacial score (nSPS) is 10.7. The van der Waals surface area contributed by atoms with Crippen molar-refractivity contribution in [2.24, 2.45) is 4.99 Å². The molecule has 2 N–H and O–H groups in total. The van der Waals surface area contributed by atoms with Crippen molar-refractivity contribution in [3.63, 3.8) is 0 Å². The molecule has 6 heteroatoms. The number of rotatable bonds is 9. The van der Waals surface area contributed by atoms with Crippen LogP contribution in [-0.4, -0.2) is 44.2 Å². The zero-order chi connectivity index (χ0) is 14.5. The summed E-state index contributed by atoms with van der Waals surface area (Å²) in [6.07, 6.45) is 3.23. The van der Waals surface area contributed by atoms with Crippen LogP contribution in [0.4, 0.5) is 0 Å². The topological polar surface area (TPSA) is 45.7 Å². The Balaban J connectivity index is 0.00000400. The monoisotopic (exact) mass is 423 g/mol. The van der Waals surface area contributed by atoms with Crippen LogP contribution in [0.15, 0.2) is 35.3 Å². The fourth-order valence-corrected chi connectivity index (χ4v) is 2.01. The molecule has 0 saturated heterocycles. The minimum Gasteiger partial charge on any atom is -0.492 e. The lowest BCUT2D eigenvalue weighted by molar-refractivity contribution is 0.322. The minimum atomic E-state index is 0. The van der Waals surface area contributed by atoms with Crippen LogP contribution in [0, 0.1) is 0 Å². The Morgan fingerprint density at radius 2 is 2.00 bits per heavy atom. The van der Waals surface area contributed by atoms with Gasteiger partial charge in [-0.05, 0) is 37.5 Å². The highest BCUT2D eigenvalue weighted by molar-refractivity contribution is 14.0. The number of guanidine groups is 1. The van der Waals surface area contributed by atoms with Crippen molar-refractivity contribution in [3.05, 3.63) is 30.3 Å². The first-order valence-corrected chi connectivity index (χ1v) is 8.45. The number of hydrogen-bond donors (Lipinski definition) is 2. The number of halogens is 1. The molecule has 0 spiro atoms. The molecule has 4 nitrogen and oxygen atoms in total. The first kappa shape index (κ1) is 20.4. The first-order valence-electron chi connectivity index (χ1n) is 7.05. The summed E-state index contributed by atoms with van der Waals surface area (Å²) in [4.78, 5) is 4.52. The van der Waals surface area contributed by atoms with Gasteiger partial charge in [0.15, 0.2) is 5.96 Å². The van der Waals surface area contributed by atoms with E-state index in [1.165, 1.54) is 0 Å². The van der Waals surface area contributed by atoms with E-state index in [0.717, 1.165) is 43.5 Å². The van der Waals surface area contributed by atoms with Crippen molar-refractivity contribution in [1.29, 1.82) is 0 Å². The number of nitrogens with zero attached hydrogens (tertiary/aromatic N) is 1. The number of para-hydroxylation sites is 1. The second-order valence-corrected chi connectivity index (χ2v) is 5.18. The van der Waals surface area contributed by atoms with E-state index in [2.05, 4.69) is 28.8 Å². The van der Waals surface area contributed by atoms with E-state index in [9.17, 15) is 0 Å². The molecule has 1 aromatic carbocycles. The number of ether oxygens (including phenoxy) is 1. The Labute approximate surface area is 149 Å². The van der Waals surface area contributed by atoms with Crippen molar-refractivity contribution in [2.45, 2.75) is 13.3 Å². The van der Waals surface area contributed by atoms with Crippen LogP contribution in [0.3, 0.4) is 0 Å². The van der Waals surface area contributed by atoms with Crippen molar-refractivity contribution in [2.75, 3.05) is 38.2 Å². The summed E-state index contributed by atoms with van der Waals surface area (Å²) in [6.45, 7) is 5.16. The van der Waals surface area contributed by atoms with Gasteiger partial charge in [-0.2, -0.15) is 11.8 Å². The Morgan fingerprint density at radius 1 is 1.24 bits per heavy atom. The molecule has 0 fully saturated rings. The Bertz CT molecular complexity index is 376. The highest BCUT2D eigenvalue weighted by atomic mass is 127. The Kier molecular flexibility index (Phi) is 13.9. The number of aliphatic imine (C=N–C) groups is 1. The van der Waals surface area contributed by atoms with E-state index in [1.807, 2.05) is 42.1 Å². The fourth-order valence-electron chi connectivity index (χ4n) is 1.60. The van der Waals surface area contributed by atoms with E-state index < -0.39 is 0 Å². The molecule has 120 valence electrons. The second kappa shape index (κ2) is 14.3. The molecule has 0 aliphatic rings. The molecule has 21 heavy (non-hydrogen) atoms. The molecule has 1 rings (SSSR count). The largest absolute Gasteiger partial charge is 0.492 e. The van der Waals surface area contributed by atoms with E-state index in [-0.39, 0.29) is 24.0 Å². The zero-order valence-corrected chi connectivity index (χ0v) is 15.9. The quantitative estimate of drug-likeness (QED) is 0.278. The minimum absolute atomic E-state index is 0. The Morgan fingerprint density at radius 3 is 2.67 bits per heavy atom. The summed E-state index contributed by atoms with van der Waals surface area (Å²) >= 11 is 1.86. The summed E-state index contributed by atoms with van der Waals surface area (Å²) in [7, 11) is 0. The summed E-state index contributed by atoms with van der Waals surface area (Å²) in [6, 6.07) is 9.85. The molecule has 0 heterocycles. The molecule has 0 aliphatic heterocycles. The van der Waals surface area contributed by atoms with Crippen molar-refractivity contribution in [3.8, 4) is 5.75 Å². The maximum Gasteiger partial charge on any atom is 0.191 e. The average Bonchev–Trinajstić information content (AvgIpc) is 2.49. The van der Waals surface area contributed by atoms with Gasteiger partial charge in [0, 0.05) is 13.1 Å². The zero-order valence-electron chi connectivity index (χ0n) is 12.8. The van der Waals surface area contributed by atoms with E-state index >= 15 is 0 Å². The molecule has 0 radical (unpaired) electrons. The Hall–Kier alpha value is -0.630. The van der Waals surface area contributed by atoms with E-state index in [0.29, 0.717) is 6.61 Å². The fraction of sp³-hybridized carbons (Fsp3) is 0.533. The second-order valence-electron chi connectivity index (χ2n) is 4.20. The van der Waals surface area contributed by atoms with Crippen LogP contribution in [-0.2, 0) is 0 Å². The van der Waals surface area contributed by atoms with Crippen LogP contribution in [0.1, 0.15) is 13.3 Å². The van der Waals surface area contributed by atoms with Crippen LogP contribution in [0.5, 0.6) is 5.75 Å². The summed E-state index contributed by atoms with van der Waals surface area (Å²) in [5.41, 5.74) is 0. The SMILES string of the molecule is CCNC(=NCCCSC)NCCOc1ccccc1.I. The lowest BCUT2D eigenvalue weighted by Crippen LogP contribution is -2.39. The highest BCUT2D eigenvalue weighted by Crippen LogP contribution is 2.07. The first-order chi connectivity index (χ1) is 9.86. The van der Waals surface area contributed by atoms with Gasteiger partial charge in [-0.1, -0.05) is 18.2 Å². The van der Waals surface area contributed by atoms with Gasteiger partial charge in [0.05, 0.1) is 6.54 Å². The maximum atomic E-state index is 5.63. The highest BCUT2D eigenvalue weighted by Gasteiger charge is 1.97. The van der Waals surface area contributed by atoms with Crippen molar-refractivity contribution < 1.29 is 4.74 Å². The van der Waals surface area contributed by atoms with Gasteiger partial charge < -0.3 is 15.4 Å². The van der Waals surface area contributed by atoms with Gasteiger partial charge in [0.2, 0.25) is 0 Å². The smallest absolute Gasteiger partial charge is 0.191 e. The molecule has 0 saturated carbocycles. The molecule has 0 aliphatic carbocycles.